The minimum absolute atomic E-state index is 0.0464. The van der Waals surface area contributed by atoms with Crippen molar-refractivity contribution in [3.05, 3.63) is 0 Å². The third-order valence-electron chi connectivity index (χ3n) is 18.5. The van der Waals surface area contributed by atoms with Gasteiger partial charge in [0.25, 0.3) is 0 Å². The van der Waals surface area contributed by atoms with Gasteiger partial charge >= 0.3 is 30.5 Å². The number of amides is 6. The second-order valence-electron chi connectivity index (χ2n) is 27.6. The Morgan fingerprint density at radius 2 is 0.730 bits per heavy atom. The number of nitrogens with one attached hydrogen (secondary N) is 2. The molecule has 522 valence electrons. The van der Waals surface area contributed by atoms with E-state index in [1.165, 1.54) is 256 Å². The molecule has 16 nitrogen and oxygen atoms in total. The first kappa shape index (κ1) is 83.0. The summed E-state index contributed by atoms with van der Waals surface area (Å²) in [7, 11) is 3.63. The first-order valence-corrected chi connectivity index (χ1v) is 37.1. The number of likely N-dealkylation sites (N-methyl/N-ethyl adjacent to an activating group) is 2. The Morgan fingerprint density at radius 3 is 1.02 bits per heavy atom. The third kappa shape index (κ3) is 40.6. The summed E-state index contributed by atoms with van der Waals surface area (Å²) in [5.74, 6) is -0.219. The lowest BCUT2D eigenvalue weighted by atomic mass is 9.92. The van der Waals surface area contributed by atoms with Gasteiger partial charge in [-0.2, -0.15) is 0 Å². The molecule has 0 aromatic carbocycles. The summed E-state index contributed by atoms with van der Waals surface area (Å²) in [6.07, 6.45) is 56.5. The molecule has 5 fully saturated rings. The number of rotatable bonds is 45. The maximum atomic E-state index is 11.5. The molecule has 5 heterocycles. The van der Waals surface area contributed by atoms with Crippen LogP contribution in [-0.4, -0.2) is 126 Å². The van der Waals surface area contributed by atoms with Gasteiger partial charge < -0.3 is 44.1 Å². The van der Waals surface area contributed by atoms with E-state index in [0.29, 0.717) is 13.1 Å². The molecule has 2 N–H and O–H groups in total. The Morgan fingerprint density at radius 1 is 0.393 bits per heavy atom. The number of nitrogens with zero attached hydrogens (tertiary/aromatic N) is 3. The molecule has 16 heteroatoms. The van der Waals surface area contributed by atoms with Gasteiger partial charge in [-0.15, -0.1) is 0 Å². The quantitative estimate of drug-likeness (QED) is 0.0437. The average Bonchev–Trinajstić information content (AvgIpc) is 1.84. The molecule has 5 aliphatic heterocycles. The number of cyclic esters (lactones) is 5. The summed E-state index contributed by atoms with van der Waals surface area (Å²) in [6.45, 7) is 22.8. The highest BCUT2D eigenvalue weighted by atomic mass is 16.6. The maximum absolute atomic E-state index is 11.5. The Balaban J connectivity index is 0.000000557. The number of hydrogen-bond donors (Lipinski definition) is 2. The SMILES string of the molecule is CCCCCCCCCCC1CN(C(C)=O)C(=O)O1.CCCCCCCCCCC1CN(C)C(=O)O1.CCCCCCCCCCC1CNC(=O)O1.CCCCCCCCCCC1OC(=O)N(C)C1(C)C.CCCCCCCCCCC1OC(=O)NC1(C)C. The van der Waals surface area contributed by atoms with E-state index in [9.17, 15) is 28.8 Å². The van der Waals surface area contributed by atoms with Gasteiger partial charge in [0.05, 0.1) is 30.7 Å². The van der Waals surface area contributed by atoms with Crippen molar-refractivity contribution < 1.29 is 52.5 Å². The zero-order chi connectivity index (χ0) is 66.0. The van der Waals surface area contributed by atoms with E-state index in [4.69, 9.17) is 23.7 Å². The lowest BCUT2D eigenvalue weighted by molar-refractivity contribution is -0.125. The number of imide groups is 1. The van der Waals surface area contributed by atoms with Gasteiger partial charge in [0, 0.05) is 21.0 Å². The van der Waals surface area contributed by atoms with E-state index >= 15 is 0 Å². The van der Waals surface area contributed by atoms with Crippen molar-refractivity contribution in [3.63, 3.8) is 0 Å². The number of carbonyl (C=O) groups excluding carboxylic acids is 6. The molecule has 0 bridgehead atoms. The molecule has 5 atom stereocenters. The van der Waals surface area contributed by atoms with Crippen LogP contribution >= 0.6 is 0 Å². The van der Waals surface area contributed by atoms with Crippen molar-refractivity contribution in [1.82, 2.24) is 25.3 Å². The molecule has 0 aromatic heterocycles. The molecule has 5 saturated heterocycles. The second kappa shape index (κ2) is 52.5. The van der Waals surface area contributed by atoms with Crippen molar-refractivity contribution in [2.75, 3.05) is 33.7 Å². The summed E-state index contributed by atoms with van der Waals surface area (Å²) in [4.78, 5) is 71.6. The predicted octanol–water partition coefficient (Wildman–Crippen LogP) is 20.6. The predicted molar refractivity (Wildman–Crippen MR) is 365 cm³/mol. The van der Waals surface area contributed by atoms with Crippen molar-refractivity contribution in [2.24, 2.45) is 0 Å². The molecule has 0 aliphatic carbocycles. The van der Waals surface area contributed by atoms with Crippen molar-refractivity contribution in [2.45, 2.75) is 400 Å². The first-order chi connectivity index (χ1) is 42.8. The van der Waals surface area contributed by atoms with E-state index in [0.717, 1.165) is 51.5 Å². The summed E-state index contributed by atoms with van der Waals surface area (Å²) >= 11 is 0. The van der Waals surface area contributed by atoms with Gasteiger partial charge in [0.15, 0.2) is 0 Å². The third-order valence-corrected chi connectivity index (χ3v) is 18.5. The Bertz CT molecular complexity index is 1820. The van der Waals surface area contributed by atoms with Crippen molar-refractivity contribution in [1.29, 1.82) is 0 Å². The molecule has 0 spiro atoms. The van der Waals surface area contributed by atoms with Crippen LogP contribution in [0, 0.1) is 0 Å². The fourth-order valence-electron chi connectivity index (χ4n) is 12.0. The van der Waals surface area contributed by atoms with Crippen LogP contribution in [0.15, 0.2) is 0 Å². The highest BCUT2D eigenvalue weighted by Crippen LogP contribution is 2.32. The van der Waals surface area contributed by atoms with Crippen molar-refractivity contribution >= 4 is 36.4 Å². The van der Waals surface area contributed by atoms with Crippen LogP contribution in [0.5, 0.6) is 0 Å². The Labute approximate surface area is 545 Å². The smallest absolute Gasteiger partial charge is 0.416 e. The van der Waals surface area contributed by atoms with Crippen molar-refractivity contribution in [3.8, 4) is 0 Å². The van der Waals surface area contributed by atoms with Crippen LogP contribution in [0.2, 0.25) is 0 Å². The normalized spacial score (nSPS) is 20.3. The molecule has 89 heavy (non-hydrogen) atoms. The van der Waals surface area contributed by atoms with E-state index in [1.54, 1.807) is 16.8 Å². The van der Waals surface area contributed by atoms with Gasteiger partial charge in [-0.1, -0.05) is 259 Å². The highest BCUT2D eigenvalue weighted by molar-refractivity contribution is 5.91. The number of unbranched alkanes of at least 4 members (excludes halogenated alkanes) is 35. The van der Waals surface area contributed by atoms with Gasteiger partial charge in [-0.3, -0.25) is 4.79 Å². The van der Waals surface area contributed by atoms with Crippen LogP contribution in [0.1, 0.15) is 358 Å². The Kier molecular flexibility index (Phi) is 49.0. The van der Waals surface area contributed by atoms with Gasteiger partial charge in [0.2, 0.25) is 5.91 Å². The van der Waals surface area contributed by atoms with Crippen LogP contribution in [0.3, 0.4) is 0 Å². The highest BCUT2D eigenvalue weighted by Gasteiger charge is 2.46. The molecule has 5 unspecified atom stereocenters. The second-order valence-corrected chi connectivity index (χ2v) is 27.6. The molecule has 5 rings (SSSR count). The number of alkyl carbamates (subject to hydrolysis) is 2. The average molecular weight is 1260 g/mol. The molecule has 0 aromatic rings. The zero-order valence-corrected chi connectivity index (χ0v) is 59.7. The zero-order valence-electron chi connectivity index (χ0n) is 59.7. The van der Waals surface area contributed by atoms with Crippen LogP contribution in [0.4, 0.5) is 24.0 Å². The summed E-state index contributed by atoms with van der Waals surface area (Å²) in [6, 6.07) is 0. The van der Waals surface area contributed by atoms with Crippen LogP contribution in [-0.2, 0) is 28.5 Å². The molecular formula is C73H139N5O11. The lowest BCUT2D eigenvalue weighted by Crippen LogP contribution is -2.43. The van der Waals surface area contributed by atoms with Crippen LogP contribution in [0.25, 0.3) is 0 Å². The summed E-state index contributed by atoms with van der Waals surface area (Å²) < 4.78 is 26.2. The fourth-order valence-corrected chi connectivity index (χ4v) is 12.0. The lowest BCUT2D eigenvalue weighted by Gasteiger charge is -2.29. The monoisotopic (exact) mass is 1260 g/mol. The fraction of sp³-hybridized carbons (Fsp3) is 0.918. The minimum atomic E-state index is -0.475. The van der Waals surface area contributed by atoms with Crippen LogP contribution < -0.4 is 10.6 Å². The molecule has 5 aliphatic rings. The maximum Gasteiger partial charge on any atom is 0.416 e. The molecule has 0 radical (unpaired) electrons. The number of hydrogen-bond acceptors (Lipinski definition) is 11. The minimum Gasteiger partial charge on any atom is -0.444 e. The molecule has 6 amide bonds. The standard InChI is InChI=1S/C16H31NO2.C15H27NO3.C15H29NO2.C14H27NO2.C13H25NO2/c1-5-6-7-8-9-10-11-12-13-14-16(2,3)17(4)15(18)19-14;1-3-4-5-6-7-8-9-10-11-14-12-16(13(2)17)15(18)19-14;1-4-5-6-7-8-9-10-11-12-13-15(2,3)16-14(17)18-13;1-3-4-5-6-7-8-9-10-11-13-12-15(2)14(16)17-13;1-2-3-4-5-6-7-8-9-10-12-11-14-13(15)16-12/h14H,5-13H2,1-4H3;14H,3-12H2,1-2H3;13H,4-12H2,1-3H3,(H,16,17);13H,3-12H2,1-2H3;12H,2-11H2,1H3,(H,14,15). The summed E-state index contributed by atoms with van der Waals surface area (Å²) in [5.41, 5.74) is -0.351. The number of ether oxygens (including phenoxy) is 5. The topological polar surface area (TPSA) is 182 Å². The van der Waals surface area contributed by atoms with E-state index in [2.05, 4.69) is 59.1 Å². The summed E-state index contributed by atoms with van der Waals surface area (Å²) in [5, 5.41) is 5.54. The van der Waals surface area contributed by atoms with E-state index in [-0.39, 0.29) is 71.9 Å². The van der Waals surface area contributed by atoms with E-state index in [1.807, 2.05) is 20.9 Å². The Hall–Kier alpha value is -3.98. The largest absolute Gasteiger partial charge is 0.444 e. The molecular weight excluding hydrogens is 1120 g/mol. The van der Waals surface area contributed by atoms with Gasteiger partial charge in [-0.25, -0.2) is 28.9 Å². The number of carbonyl (C=O) groups is 6. The van der Waals surface area contributed by atoms with E-state index < -0.39 is 6.09 Å². The van der Waals surface area contributed by atoms with Gasteiger partial charge in [0.1, 0.15) is 30.5 Å². The van der Waals surface area contributed by atoms with Gasteiger partial charge in [-0.05, 0) is 91.9 Å². The first-order valence-electron chi connectivity index (χ1n) is 37.1. The molecule has 0 saturated carbocycles.